The van der Waals surface area contributed by atoms with Crippen LogP contribution in [0.1, 0.15) is 55.5 Å². The molecule has 1 saturated heterocycles. The molecule has 1 fully saturated rings. The number of hydrogen-bond donors (Lipinski definition) is 1. The summed E-state index contributed by atoms with van der Waals surface area (Å²) < 4.78 is 37.9. The van der Waals surface area contributed by atoms with E-state index in [-0.39, 0.29) is 4.88 Å². The molecule has 1 N–H and O–H groups in total. The van der Waals surface area contributed by atoms with Gasteiger partial charge >= 0.3 is 6.18 Å². The van der Waals surface area contributed by atoms with Crippen molar-refractivity contribution in [2.24, 2.45) is 0 Å². The Morgan fingerprint density at radius 2 is 1.76 bits per heavy atom. The molecule has 0 spiro atoms. The van der Waals surface area contributed by atoms with Gasteiger partial charge < -0.3 is 5.11 Å². The summed E-state index contributed by atoms with van der Waals surface area (Å²) in [7, 11) is 0. The maximum atomic E-state index is 12.6. The zero-order valence-electron chi connectivity index (χ0n) is 12.3. The molecule has 0 saturated carbocycles. The van der Waals surface area contributed by atoms with Crippen LogP contribution in [-0.2, 0) is 6.18 Å². The third-order valence-electron chi connectivity index (χ3n) is 4.13. The van der Waals surface area contributed by atoms with Gasteiger partial charge in [-0.15, -0.1) is 11.3 Å². The van der Waals surface area contributed by atoms with Gasteiger partial charge in [0.25, 0.3) is 0 Å². The van der Waals surface area contributed by atoms with E-state index in [9.17, 15) is 18.3 Å². The Balaban J connectivity index is 2.16. The normalized spacial score (nSPS) is 20.3. The first-order chi connectivity index (χ1) is 9.73. The second-order valence-corrected chi connectivity index (χ2v) is 7.09. The molecule has 7 heteroatoms. The molecule has 0 aromatic carbocycles. The summed E-state index contributed by atoms with van der Waals surface area (Å²) in [4.78, 5) is 5.85. The van der Waals surface area contributed by atoms with Crippen LogP contribution in [0.25, 0.3) is 0 Å². The molecule has 1 aromatic rings. The fourth-order valence-electron chi connectivity index (χ4n) is 2.71. The molecule has 1 atom stereocenters. The number of rotatable bonds is 3. The first-order valence-electron chi connectivity index (χ1n) is 7.19. The van der Waals surface area contributed by atoms with Gasteiger partial charge in [0.1, 0.15) is 6.10 Å². The number of alkyl halides is 3. The zero-order valence-corrected chi connectivity index (χ0v) is 13.1. The van der Waals surface area contributed by atoms with Gasteiger partial charge in [0.05, 0.1) is 4.88 Å². The summed E-state index contributed by atoms with van der Waals surface area (Å²) in [6, 6.07) is 0. The minimum absolute atomic E-state index is 0.275. The highest BCUT2D eigenvalue weighted by Crippen LogP contribution is 2.39. The largest absolute Gasteiger partial charge is 0.443 e. The molecule has 1 aromatic heterocycles. The van der Waals surface area contributed by atoms with Crippen LogP contribution in [0.5, 0.6) is 0 Å². The first-order valence-corrected chi connectivity index (χ1v) is 8.00. The van der Waals surface area contributed by atoms with Crippen molar-refractivity contribution in [1.82, 2.24) is 9.88 Å². The molecule has 0 radical (unpaired) electrons. The van der Waals surface area contributed by atoms with Gasteiger partial charge in [0, 0.05) is 11.7 Å². The van der Waals surface area contributed by atoms with Crippen LogP contribution in [-0.4, -0.2) is 33.6 Å². The van der Waals surface area contributed by atoms with Crippen molar-refractivity contribution in [2.75, 3.05) is 13.1 Å². The standard InChI is InChI=1S/C14H21F3N2OS/c1-13(2,19-7-5-3-4-6-8-19)11(20)10-9-18-12(21-10)14(15,16)17/h9,11,20H,3-8H2,1-2H3. The molecular formula is C14H21F3N2OS. The molecule has 0 bridgehead atoms. The van der Waals surface area contributed by atoms with E-state index in [1.165, 1.54) is 12.8 Å². The summed E-state index contributed by atoms with van der Waals surface area (Å²) in [5.41, 5.74) is -0.597. The molecule has 2 heterocycles. The van der Waals surface area contributed by atoms with Crippen LogP contribution >= 0.6 is 11.3 Å². The predicted octanol–water partition coefficient (Wildman–Crippen LogP) is 3.85. The van der Waals surface area contributed by atoms with Crippen molar-refractivity contribution in [3.8, 4) is 0 Å². The predicted molar refractivity (Wildman–Crippen MR) is 76.2 cm³/mol. The smallest absolute Gasteiger partial charge is 0.386 e. The number of halogens is 3. The highest BCUT2D eigenvalue weighted by molar-refractivity contribution is 7.11. The van der Waals surface area contributed by atoms with Crippen LogP contribution in [0.15, 0.2) is 6.20 Å². The van der Waals surface area contributed by atoms with Gasteiger partial charge in [-0.1, -0.05) is 12.8 Å². The SMILES string of the molecule is CC(C)(C(O)c1cnc(C(F)(F)F)s1)N1CCCCCC1. The molecule has 3 nitrogen and oxygen atoms in total. The minimum atomic E-state index is -4.45. The van der Waals surface area contributed by atoms with E-state index in [0.717, 1.165) is 32.1 Å². The Morgan fingerprint density at radius 1 is 1.19 bits per heavy atom. The second kappa shape index (κ2) is 6.22. The van der Waals surface area contributed by atoms with Crippen molar-refractivity contribution in [1.29, 1.82) is 0 Å². The highest BCUT2D eigenvalue weighted by Gasteiger charge is 2.39. The van der Waals surface area contributed by atoms with E-state index in [1.54, 1.807) is 0 Å². The van der Waals surface area contributed by atoms with Gasteiger partial charge in [0.2, 0.25) is 0 Å². The Labute approximate surface area is 126 Å². The minimum Gasteiger partial charge on any atom is -0.386 e. The summed E-state index contributed by atoms with van der Waals surface area (Å²) in [5, 5.41) is 9.63. The molecule has 1 unspecified atom stereocenters. The fraction of sp³-hybridized carbons (Fsp3) is 0.786. The lowest BCUT2D eigenvalue weighted by Crippen LogP contribution is -2.48. The summed E-state index contributed by atoms with van der Waals surface area (Å²) >= 11 is 0.531. The van der Waals surface area contributed by atoms with Crippen molar-refractivity contribution in [2.45, 2.75) is 57.3 Å². The summed E-state index contributed by atoms with van der Waals surface area (Å²) in [6.07, 6.45) is 0.194. The maximum absolute atomic E-state index is 12.6. The van der Waals surface area contributed by atoms with E-state index in [1.807, 2.05) is 13.8 Å². The second-order valence-electron chi connectivity index (χ2n) is 6.02. The van der Waals surface area contributed by atoms with Gasteiger partial charge in [0.15, 0.2) is 5.01 Å². The average molecular weight is 322 g/mol. The Kier molecular flexibility index (Phi) is 4.95. The molecule has 1 aliphatic heterocycles. The maximum Gasteiger partial charge on any atom is 0.443 e. The summed E-state index contributed by atoms with van der Waals surface area (Å²) in [5.74, 6) is 0. The third-order valence-corrected chi connectivity index (χ3v) is 5.22. The monoisotopic (exact) mass is 322 g/mol. The van der Waals surface area contributed by atoms with E-state index in [4.69, 9.17) is 0 Å². The zero-order chi connectivity index (χ0) is 15.7. The third kappa shape index (κ3) is 3.76. The van der Waals surface area contributed by atoms with Crippen LogP contribution in [0.4, 0.5) is 13.2 Å². The van der Waals surface area contributed by atoms with E-state index in [2.05, 4.69) is 9.88 Å². The van der Waals surface area contributed by atoms with Crippen LogP contribution < -0.4 is 0 Å². The van der Waals surface area contributed by atoms with Crippen molar-refractivity contribution in [3.05, 3.63) is 16.1 Å². The average Bonchev–Trinajstić information content (AvgIpc) is 2.73. The van der Waals surface area contributed by atoms with Crippen molar-refractivity contribution < 1.29 is 18.3 Å². The van der Waals surface area contributed by atoms with Crippen LogP contribution in [0.2, 0.25) is 0 Å². The quantitative estimate of drug-likeness (QED) is 0.918. The van der Waals surface area contributed by atoms with E-state index in [0.29, 0.717) is 11.3 Å². The highest BCUT2D eigenvalue weighted by atomic mass is 32.1. The number of aliphatic hydroxyl groups excluding tert-OH is 1. The number of aliphatic hydroxyl groups is 1. The number of nitrogens with zero attached hydrogens (tertiary/aromatic N) is 2. The molecular weight excluding hydrogens is 301 g/mol. The molecule has 1 aliphatic rings. The van der Waals surface area contributed by atoms with Crippen LogP contribution in [0.3, 0.4) is 0 Å². The Morgan fingerprint density at radius 3 is 2.24 bits per heavy atom. The molecule has 21 heavy (non-hydrogen) atoms. The Bertz CT molecular complexity index is 465. The number of hydrogen-bond acceptors (Lipinski definition) is 4. The lowest BCUT2D eigenvalue weighted by Gasteiger charge is -2.41. The molecule has 120 valence electrons. The molecule has 2 rings (SSSR count). The number of likely N-dealkylation sites (tertiary alicyclic amines) is 1. The molecule has 0 amide bonds. The van der Waals surface area contributed by atoms with Gasteiger partial charge in [-0.05, 0) is 39.8 Å². The first kappa shape index (κ1) is 16.7. The van der Waals surface area contributed by atoms with Gasteiger partial charge in [-0.2, -0.15) is 13.2 Å². The Hall–Kier alpha value is -0.660. The van der Waals surface area contributed by atoms with Crippen molar-refractivity contribution in [3.63, 3.8) is 0 Å². The lowest BCUT2D eigenvalue weighted by molar-refractivity contribution is -0.137. The van der Waals surface area contributed by atoms with Gasteiger partial charge in [-0.3, -0.25) is 4.90 Å². The summed E-state index contributed by atoms with van der Waals surface area (Å²) in [6.45, 7) is 5.51. The molecule has 0 aliphatic carbocycles. The fourth-order valence-corrected chi connectivity index (χ4v) is 3.66. The van der Waals surface area contributed by atoms with E-state index < -0.39 is 22.8 Å². The number of thiazole rings is 1. The van der Waals surface area contributed by atoms with Gasteiger partial charge in [-0.25, -0.2) is 4.98 Å². The van der Waals surface area contributed by atoms with Crippen LogP contribution in [0, 0.1) is 0 Å². The topological polar surface area (TPSA) is 36.4 Å². The van der Waals surface area contributed by atoms with E-state index >= 15 is 0 Å². The lowest BCUT2D eigenvalue weighted by atomic mass is 9.93. The van der Waals surface area contributed by atoms with Crippen molar-refractivity contribution >= 4 is 11.3 Å². The number of aromatic nitrogens is 1.